The SMILES string of the molecule is CCNC(C)c1sc(-c2ccc(Cl)cn2)nc1C. The van der Waals surface area contributed by atoms with Gasteiger partial charge >= 0.3 is 0 Å². The van der Waals surface area contributed by atoms with Crippen LogP contribution < -0.4 is 5.32 Å². The summed E-state index contributed by atoms with van der Waals surface area (Å²) in [6, 6.07) is 4.07. The van der Waals surface area contributed by atoms with Crippen molar-refractivity contribution in [3.8, 4) is 10.7 Å². The minimum absolute atomic E-state index is 0.327. The Morgan fingerprint density at radius 1 is 1.44 bits per heavy atom. The third-order valence-corrected chi connectivity index (χ3v) is 4.27. The minimum atomic E-state index is 0.327. The molecular formula is C13H16ClN3S. The van der Waals surface area contributed by atoms with Gasteiger partial charge in [-0.05, 0) is 32.5 Å². The number of hydrogen-bond donors (Lipinski definition) is 1. The second-order valence-electron chi connectivity index (χ2n) is 4.11. The molecular weight excluding hydrogens is 266 g/mol. The van der Waals surface area contributed by atoms with Crippen LogP contribution in [0, 0.1) is 6.92 Å². The first kappa shape index (κ1) is 13.5. The number of halogens is 1. The van der Waals surface area contributed by atoms with E-state index >= 15 is 0 Å². The zero-order chi connectivity index (χ0) is 13.1. The number of aromatic nitrogens is 2. The lowest BCUT2D eigenvalue weighted by atomic mass is 10.2. The second kappa shape index (κ2) is 5.78. The van der Waals surface area contributed by atoms with E-state index in [0.717, 1.165) is 22.9 Å². The zero-order valence-corrected chi connectivity index (χ0v) is 12.3. The Morgan fingerprint density at radius 2 is 2.22 bits per heavy atom. The standard InChI is InChI=1S/C13H16ClN3S/c1-4-15-8(2)12-9(3)17-13(18-12)11-6-5-10(14)7-16-11/h5-8,15H,4H2,1-3H3. The molecule has 1 N–H and O–H groups in total. The molecule has 2 aromatic heterocycles. The summed E-state index contributed by atoms with van der Waals surface area (Å²) in [4.78, 5) is 10.2. The quantitative estimate of drug-likeness (QED) is 0.925. The maximum absolute atomic E-state index is 5.84. The molecule has 0 radical (unpaired) electrons. The fourth-order valence-corrected chi connectivity index (χ4v) is 3.00. The zero-order valence-electron chi connectivity index (χ0n) is 10.7. The van der Waals surface area contributed by atoms with Gasteiger partial charge in [0.15, 0.2) is 0 Å². The molecule has 2 heterocycles. The van der Waals surface area contributed by atoms with E-state index in [1.807, 2.05) is 19.1 Å². The fourth-order valence-electron chi connectivity index (χ4n) is 1.82. The smallest absolute Gasteiger partial charge is 0.142 e. The monoisotopic (exact) mass is 281 g/mol. The molecule has 2 aromatic rings. The van der Waals surface area contributed by atoms with Crippen molar-refractivity contribution >= 4 is 22.9 Å². The van der Waals surface area contributed by atoms with Crippen molar-refractivity contribution in [3.05, 3.63) is 33.9 Å². The summed E-state index contributed by atoms with van der Waals surface area (Å²) < 4.78 is 0. The molecule has 3 nitrogen and oxygen atoms in total. The molecule has 18 heavy (non-hydrogen) atoms. The fraction of sp³-hybridized carbons (Fsp3) is 0.385. The van der Waals surface area contributed by atoms with Crippen molar-refractivity contribution < 1.29 is 0 Å². The van der Waals surface area contributed by atoms with E-state index in [2.05, 4.69) is 29.1 Å². The lowest BCUT2D eigenvalue weighted by molar-refractivity contribution is 0.603. The molecule has 0 fully saturated rings. The first-order valence-electron chi connectivity index (χ1n) is 5.94. The number of nitrogens with zero attached hydrogens (tertiary/aromatic N) is 2. The molecule has 96 valence electrons. The summed E-state index contributed by atoms with van der Waals surface area (Å²) in [7, 11) is 0. The number of aryl methyl sites for hydroxylation is 1. The molecule has 1 unspecified atom stereocenters. The summed E-state index contributed by atoms with van der Waals surface area (Å²) in [5.41, 5.74) is 1.95. The normalized spacial score (nSPS) is 12.7. The topological polar surface area (TPSA) is 37.8 Å². The molecule has 0 aliphatic carbocycles. The third kappa shape index (κ3) is 2.88. The molecule has 0 saturated carbocycles. The van der Waals surface area contributed by atoms with Crippen LogP contribution >= 0.6 is 22.9 Å². The van der Waals surface area contributed by atoms with Gasteiger partial charge in [-0.2, -0.15) is 0 Å². The van der Waals surface area contributed by atoms with E-state index in [-0.39, 0.29) is 0 Å². The van der Waals surface area contributed by atoms with E-state index in [1.54, 1.807) is 17.5 Å². The number of rotatable bonds is 4. The molecule has 0 amide bonds. The van der Waals surface area contributed by atoms with Crippen molar-refractivity contribution in [1.82, 2.24) is 15.3 Å². The Balaban J connectivity index is 2.30. The predicted molar refractivity (Wildman–Crippen MR) is 77.2 cm³/mol. The average molecular weight is 282 g/mol. The van der Waals surface area contributed by atoms with Crippen LogP contribution in [0.1, 0.15) is 30.5 Å². The third-order valence-electron chi connectivity index (χ3n) is 2.68. The first-order valence-corrected chi connectivity index (χ1v) is 7.14. The van der Waals surface area contributed by atoms with E-state index in [0.29, 0.717) is 11.1 Å². The van der Waals surface area contributed by atoms with Gasteiger partial charge in [-0.25, -0.2) is 4.98 Å². The number of hydrogen-bond acceptors (Lipinski definition) is 4. The van der Waals surface area contributed by atoms with Crippen molar-refractivity contribution in [2.24, 2.45) is 0 Å². The Bertz CT molecular complexity index is 522. The first-order chi connectivity index (χ1) is 8.61. The van der Waals surface area contributed by atoms with Crippen LogP contribution in [0.4, 0.5) is 0 Å². The Hall–Kier alpha value is -0.970. The number of thiazole rings is 1. The Kier molecular flexibility index (Phi) is 4.32. The van der Waals surface area contributed by atoms with Gasteiger partial charge in [-0.1, -0.05) is 18.5 Å². The van der Waals surface area contributed by atoms with Crippen LogP contribution in [0.15, 0.2) is 18.3 Å². The predicted octanol–water partition coefficient (Wildman–Crippen LogP) is 3.84. The highest BCUT2D eigenvalue weighted by molar-refractivity contribution is 7.15. The van der Waals surface area contributed by atoms with Crippen LogP contribution in [0.5, 0.6) is 0 Å². The Morgan fingerprint density at radius 3 is 2.83 bits per heavy atom. The summed E-state index contributed by atoms with van der Waals surface area (Å²) >= 11 is 7.53. The van der Waals surface area contributed by atoms with Crippen LogP contribution in [0.25, 0.3) is 10.7 Å². The number of pyridine rings is 1. The largest absolute Gasteiger partial charge is 0.310 e. The minimum Gasteiger partial charge on any atom is -0.310 e. The van der Waals surface area contributed by atoms with E-state index in [4.69, 9.17) is 11.6 Å². The summed E-state index contributed by atoms with van der Waals surface area (Å²) in [5, 5.41) is 5.00. The molecule has 0 spiro atoms. The van der Waals surface area contributed by atoms with Gasteiger partial charge in [0.1, 0.15) is 5.01 Å². The molecule has 0 aromatic carbocycles. The van der Waals surface area contributed by atoms with Crippen LogP contribution in [-0.4, -0.2) is 16.5 Å². The maximum Gasteiger partial charge on any atom is 0.142 e. The second-order valence-corrected chi connectivity index (χ2v) is 5.58. The van der Waals surface area contributed by atoms with Crippen molar-refractivity contribution in [2.75, 3.05) is 6.54 Å². The highest BCUT2D eigenvalue weighted by Crippen LogP contribution is 2.30. The molecule has 0 saturated heterocycles. The van der Waals surface area contributed by atoms with Gasteiger partial charge < -0.3 is 5.32 Å². The van der Waals surface area contributed by atoms with Crippen molar-refractivity contribution in [2.45, 2.75) is 26.8 Å². The van der Waals surface area contributed by atoms with Crippen LogP contribution in [0.2, 0.25) is 5.02 Å². The molecule has 2 rings (SSSR count). The summed E-state index contributed by atoms with van der Waals surface area (Å²) in [5.74, 6) is 0. The lowest BCUT2D eigenvalue weighted by Crippen LogP contribution is -2.17. The van der Waals surface area contributed by atoms with Gasteiger partial charge in [0, 0.05) is 17.1 Å². The van der Waals surface area contributed by atoms with Crippen molar-refractivity contribution in [1.29, 1.82) is 0 Å². The van der Waals surface area contributed by atoms with E-state index in [9.17, 15) is 0 Å². The summed E-state index contributed by atoms with van der Waals surface area (Å²) in [6.45, 7) is 7.25. The van der Waals surface area contributed by atoms with Gasteiger partial charge in [-0.15, -0.1) is 11.3 Å². The molecule has 5 heteroatoms. The highest BCUT2D eigenvalue weighted by Gasteiger charge is 2.14. The average Bonchev–Trinajstić information content (AvgIpc) is 2.72. The Labute approximate surface area is 116 Å². The van der Waals surface area contributed by atoms with Gasteiger partial charge in [0.05, 0.1) is 16.4 Å². The van der Waals surface area contributed by atoms with Gasteiger partial charge in [-0.3, -0.25) is 4.98 Å². The van der Waals surface area contributed by atoms with Gasteiger partial charge in [0.2, 0.25) is 0 Å². The number of nitrogens with one attached hydrogen (secondary N) is 1. The van der Waals surface area contributed by atoms with E-state index < -0.39 is 0 Å². The molecule has 0 aliphatic heterocycles. The van der Waals surface area contributed by atoms with Crippen LogP contribution in [-0.2, 0) is 0 Å². The molecule has 0 bridgehead atoms. The highest BCUT2D eigenvalue weighted by atomic mass is 35.5. The molecule has 0 aliphatic rings. The van der Waals surface area contributed by atoms with Gasteiger partial charge in [0.25, 0.3) is 0 Å². The summed E-state index contributed by atoms with van der Waals surface area (Å²) in [6.07, 6.45) is 1.65. The molecule has 1 atom stereocenters. The van der Waals surface area contributed by atoms with Crippen molar-refractivity contribution in [3.63, 3.8) is 0 Å². The lowest BCUT2D eigenvalue weighted by Gasteiger charge is -2.09. The maximum atomic E-state index is 5.84. The van der Waals surface area contributed by atoms with E-state index in [1.165, 1.54) is 4.88 Å². The van der Waals surface area contributed by atoms with Crippen LogP contribution in [0.3, 0.4) is 0 Å².